The van der Waals surface area contributed by atoms with Crippen LogP contribution in [-0.4, -0.2) is 35.1 Å². The zero-order chi connectivity index (χ0) is 22.3. The Morgan fingerprint density at radius 3 is 2.45 bits per heavy atom. The summed E-state index contributed by atoms with van der Waals surface area (Å²) < 4.78 is 46.6. The van der Waals surface area contributed by atoms with Crippen molar-refractivity contribution in [2.75, 3.05) is 13.7 Å². The number of amides is 1. The van der Waals surface area contributed by atoms with Crippen molar-refractivity contribution < 1.29 is 27.5 Å². The summed E-state index contributed by atoms with van der Waals surface area (Å²) in [4.78, 5) is 26.8. The highest BCUT2D eigenvalue weighted by Gasteiger charge is 2.36. The number of hydrogen-bond donors (Lipinski definition) is 0. The molecular formula is C23H19F3N2O3. The first kappa shape index (κ1) is 20.7. The van der Waals surface area contributed by atoms with Gasteiger partial charge in [-0.25, -0.2) is 9.36 Å². The minimum absolute atomic E-state index is 0.156. The molecule has 1 atom stereocenters. The molecule has 0 N–H and O–H groups in total. The molecule has 1 aliphatic heterocycles. The SMILES string of the molecule is COC(=O)n1c2c(c3ccccc31)C(C)CN(C(=O)c1ccccc1C(F)(F)F)C=C2. The Labute approximate surface area is 176 Å². The van der Waals surface area contributed by atoms with Gasteiger partial charge in [0.1, 0.15) is 0 Å². The van der Waals surface area contributed by atoms with Crippen molar-refractivity contribution in [1.82, 2.24) is 9.47 Å². The van der Waals surface area contributed by atoms with E-state index in [1.54, 1.807) is 18.2 Å². The summed E-state index contributed by atoms with van der Waals surface area (Å²) in [5.74, 6) is -1.00. The third-order valence-electron chi connectivity index (χ3n) is 5.41. The lowest BCUT2D eigenvalue weighted by Crippen LogP contribution is -2.30. The van der Waals surface area contributed by atoms with E-state index >= 15 is 0 Å². The maximum absolute atomic E-state index is 13.4. The zero-order valence-electron chi connectivity index (χ0n) is 16.8. The van der Waals surface area contributed by atoms with Crippen molar-refractivity contribution in [3.63, 3.8) is 0 Å². The number of halogens is 3. The third-order valence-corrected chi connectivity index (χ3v) is 5.41. The van der Waals surface area contributed by atoms with Gasteiger partial charge in [0.2, 0.25) is 0 Å². The fourth-order valence-corrected chi connectivity index (χ4v) is 4.08. The molecule has 160 valence electrons. The second-order valence-electron chi connectivity index (χ2n) is 7.34. The number of nitrogens with zero attached hydrogens (tertiary/aromatic N) is 2. The largest absolute Gasteiger partial charge is 0.452 e. The Kier molecular flexibility index (Phi) is 5.08. The molecule has 1 aliphatic rings. The van der Waals surface area contributed by atoms with Crippen molar-refractivity contribution in [3.05, 3.63) is 77.1 Å². The van der Waals surface area contributed by atoms with Gasteiger partial charge in [0.25, 0.3) is 5.91 Å². The second kappa shape index (κ2) is 7.61. The highest BCUT2D eigenvalue weighted by atomic mass is 19.4. The normalized spacial score (nSPS) is 16.2. The van der Waals surface area contributed by atoms with Gasteiger partial charge in [-0.1, -0.05) is 37.3 Å². The molecule has 2 aromatic carbocycles. The molecule has 1 aromatic heterocycles. The van der Waals surface area contributed by atoms with Gasteiger partial charge in [0, 0.05) is 24.0 Å². The maximum Gasteiger partial charge on any atom is 0.418 e. The second-order valence-corrected chi connectivity index (χ2v) is 7.34. The number of carbonyl (C=O) groups is 2. The third kappa shape index (κ3) is 3.48. The van der Waals surface area contributed by atoms with Gasteiger partial charge in [-0.3, -0.25) is 4.79 Å². The predicted octanol–water partition coefficient (Wildman–Crippen LogP) is 5.50. The van der Waals surface area contributed by atoms with Crippen molar-refractivity contribution in [2.24, 2.45) is 0 Å². The lowest BCUT2D eigenvalue weighted by molar-refractivity contribution is -0.138. The first-order chi connectivity index (χ1) is 14.7. The van der Waals surface area contributed by atoms with Crippen LogP contribution in [0.15, 0.2) is 54.7 Å². The minimum atomic E-state index is -4.64. The number of benzene rings is 2. The average Bonchev–Trinajstić information content (AvgIpc) is 2.99. The Hall–Kier alpha value is -3.55. The van der Waals surface area contributed by atoms with Gasteiger partial charge >= 0.3 is 12.3 Å². The first-order valence-corrected chi connectivity index (χ1v) is 9.61. The maximum atomic E-state index is 13.4. The highest BCUT2D eigenvalue weighted by molar-refractivity contribution is 5.99. The average molecular weight is 428 g/mol. The van der Waals surface area contributed by atoms with Crippen LogP contribution in [0.3, 0.4) is 0 Å². The first-order valence-electron chi connectivity index (χ1n) is 9.61. The van der Waals surface area contributed by atoms with Crippen LogP contribution < -0.4 is 0 Å². The van der Waals surface area contributed by atoms with Crippen molar-refractivity contribution in [2.45, 2.75) is 19.0 Å². The van der Waals surface area contributed by atoms with E-state index in [9.17, 15) is 22.8 Å². The standard InChI is InChI=1S/C23H19F3N2O3/c1-14-13-27(21(29)15-7-3-5-9-17(15)23(24,25)26)12-11-19-20(14)16-8-4-6-10-18(16)28(19)22(30)31-2/h3-12,14H,13H2,1-2H3. The van der Waals surface area contributed by atoms with E-state index in [0.29, 0.717) is 11.2 Å². The molecule has 0 spiro atoms. The molecule has 5 nitrogen and oxygen atoms in total. The molecule has 1 unspecified atom stereocenters. The van der Waals surface area contributed by atoms with Crippen LogP contribution >= 0.6 is 0 Å². The molecule has 0 fully saturated rings. The lowest BCUT2D eigenvalue weighted by Gasteiger charge is -2.22. The van der Waals surface area contributed by atoms with Crippen molar-refractivity contribution >= 4 is 29.0 Å². The molecule has 1 amide bonds. The molecule has 0 aliphatic carbocycles. The molecule has 0 saturated heterocycles. The Morgan fingerprint density at radius 2 is 1.74 bits per heavy atom. The van der Waals surface area contributed by atoms with Gasteiger partial charge < -0.3 is 9.64 Å². The Morgan fingerprint density at radius 1 is 1.06 bits per heavy atom. The summed E-state index contributed by atoms with van der Waals surface area (Å²) in [5.41, 5.74) is 0.640. The molecule has 8 heteroatoms. The smallest absolute Gasteiger partial charge is 0.418 e. The van der Waals surface area contributed by atoms with E-state index < -0.39 is 29.3 Å². The summed E-state index contributed by atoms with van der Waals surface area (Å²) in [7, 11) is 1.28. The molecule has 3 aromatic rings. The highest BCUT2D eigenvalue weighted by Crippen LogP contribution is 2.37. The fraction of sp³-hybridized carbons (Fsp3) is 0.217. The summed E-state index contributed by atoms with van der Waals surface area (Å²) in [6, 6.07) is 12.0. The van der Waals surface area contributed by atoms with Gasteiger partial charge in [-0.2, -0.15) is 13.2 Å². The topological polar surface area (TPSA) is 51.5 Å². The zero-order valence-corrected chi connectivity index (χ0v) is 16.8. The van der Waals surface area contributed by atoms with Crippen LogP contribution in [0, 0.1) is 0 Å². The fourth-order valence-electron chi connectivity index (χ4n) is 4.08. The quantitative estimate of drug-likeness (QED) is 0.514. The number of hydrogen-bond acceptors (Lipinski definition) is 3. The molecule has 31 heavy (non-hydrogen) atoms. The summed E-state index contributed by atoms with van der Waals surface area (Å²) >= 11 is 0. The lowest BCUT2D eigenvalue weighted by atomic mass is 9.97. The molecular weight excluding hydrogens is 409 g/mol. The van der Waals surface area contributed by atoms with Crippen molar-refractivity contribution in [3.8, 4) is 0 Å². The molecule has 0 saturated carbocycles. The van der Waals surface area contributed by atoms with E-state index in [-0.39, 0.29) is 12.5 Å². The number of ether oxygens (including phenoxy) is 1. The monoisotopic (exact) mass is 428 g/mol. The van der Waals surface area contributed by atoms with Gasteiger partial charge in [-0.05, 0) is 29.8 Å². The van der Waals surface area contributed by atoms with Crippen LogP contribution in [0.4, 0.5) is 18.0 Å². The van der Waals surface area contributed by atoms with Crippen LogP contribution in [0.1, 0.15) is 40.0 Å². The molecule has 2 heterocycles. The number of alkyl halides is 3. The van der Waals surface area contributed by atoms with E-state index in [0.717, 1.165) is 17.0 Å². The van der Waals surface area contributed by atoms with E-state index in [1.807, 2.05) is 19.1 Å². The number of carbonyl (C=O) groups excluding carboxylic acids is 2. The van der Waals surface area contributed by atoms with Gasteiger partial charge in [0.15, 0.2) is 0 Å². The Balaban J connectivity index is 1.81. The summed E-state index contributed by atoms with van der Waals surface area (Å²) in [6.07, 6.45) is -2.23. The van der Waals surface area contributed by atoms with E-state index in [2.05, 4.69) is 0 Å². The number of methoxy groups -OCH3 is 1. The van der Waals surface area contributed by atoms with Gasteiger partial charge in [0.05, 0.1) is 29.4 Å². The summed E-state index contributed by atoms with van der Waals surface area (Å²) in [6.45, 7) is 2.03. The number of aromatic nitrogens is 1. The Bertz CT molecular complexity index is 1210. The van der Waals surface area contributed by atoms with Crippen molar-refractivity contribution in [1.29, 1.82) is 0 Å². The summed E-state index contributed by atoms with van der Waals surface area (Å²) in [5, 5.41) is 0.824. The molecule has 0 bridgehead atoms. The van der Waals surface area contributed by atoms with E-state index in [1.165, 1.54) is 41.0 Å². The molecule has 4 rings (SSSR count). The van der Waals surface area contributed by atoms with Crippen LogP contribution in [0.5, 0.6) is 0 Å². The predicted molar refractivity (Wildman–Crippen MR) is 110 cm³/mol. The molecule has 0 radical (unpaired) electrons. The van der Waals surface area contributed by atoms with E-state index in [4.69, 9.17) is 4.74 Å². The van der Waals surface area contributed by atoms with Gasteiger partial charge in [-0.15, -0.1) is 0 Å². The van der Waals surface area contributed by atoms with Crippen LogP contribution in [-0.2, 0) is 10.9 Å². The number of para-hydroxylation sites is 1. The van der Waals surface area contributed by atoms with Crippen LogP contribution in [0.2, 0.25) is 0 Å². The number of rotatable bonds is 1. The number of fused-ring (bicyclic) bond motifs is 3. The van der Waals surface area contributed by atoms with Crippen LogP contribution in [0.25, 0.3) is 17.0 Å². The minimum Gasteiger partial charge on any atom is -0.452 e.